The quantitative estimate of drug-likeness (QED) is 0.506. The van der Waals surface area contributed by atoms with Crippen LogP contribution in [0.25, 0.3) is 6.08 Å². The van der Waals surface area contributed by atoms with E-state index in [4.69, 9.17) is 10.5 Å². The first-order valence-electron chi connectivity index (χ1n) is 6.52. The zero-order chi connectivity index (χ0) is 17.6. The number of hydrogen-bond donors (Lipinski definition) is 0. The highest BCUT2D eigenvalue weighted by Gasteiger charge is 1.75. The van der Waals surface area contributed by atoms with Crippen molar-refractivity contribution in [3.63, 3.8) is 0 Å². The molecule has 0 bridgehead atoms. The minimum Gasteiger partial charge on any atom is -0.193 e. The van der Waals surface area contributed by atoms with Crippen molar-refractivity contribution in [1.82, 2.24) is 0 Å². The van der Waals surface area contributed by atoms with Crippen molar-refractivity contribution in [2.75, 3.05) is 0 Å². The second kappa shape index (κ2) is 23.0. The minimum absolute atomic E-state index is 0.773. The second-order valence-electron chi connectivity index (χ2n) is 3.50. The molecule has 0 saturated heterocycles. The number of hydrogen-bond acceptors (Lipinski definition) is 2. The van der Waals surface area contributed by atoms with Crippen molar-refractivity contribution in [2.24, 2.45) is 0 Å². The molecule has 0 heterocycles. The molecule has 0 N–H and O–H groups in total. The molecule has 0 aliphatic carbocycles. The summed E-state index contributed by atoms with van der Waals surface area (Å²) in [5.74, 6) is 0. The highest BCUT2D eigenvalue weighted by atomic mass is 14.2. The van der Waals surface area contributed by atoms with E-state index in [2.05, 4.69) is 26.3 Å². The fraction of sp³-hybridized carbons (Fsp3) is 0.100. The molecule has 1 aromatic carbocycles. The largest absolute Gasteiger partial charge is 0.193 e. The van der Waals surface area contributed by atoms with Gasteiger partial charge in [0.25, 0.3) is 0 Å². The van der Waals surface area contributed by atoms with Crippen LogP contribution in [0.2, 0.25) is 0 Å². The van der Waals surface area contributed by atoms with Gasteiger partial charge in [-0.15, -0.1) is 0 Å². The van der Waals surface area contributed by atoms with E-state index >= 15 is 0 Å². The van der Waals surface area contributed by atoms with E-state index in [0.29, 0.717) is 0 Å². The Bertz CT molecular complexity index is 517. The van der Waals surface area contributed by atoms with Crippen LogP contribution < -0.4 is 0 Å². The van der Waals surface area contributed by atoms with Gasteiger partial charge in [-0.25, -0.2) is 0 Å². The highest BCUT2D eigenvalue weighted by Crippen LogP contribution is 1.97. The third-order valence-corrected chi connectivity index (χ3v) is 1.90. The van der Waals surface area contributed by atoms with Gasteiger partial charge in [0.05, 0.1) is 12.1 Å². The van der Waals surface area contributed by atoms with E-state index in [9.17, 15) is 0 Å². The number of nitrogens with zero attached hydrogens (tertiary/aromatic N) is 2. The van der Waals surface area contributed by atoms with Crippen molar-refractivity contribution in [1.29, 1.82) is 10.5 Å². The molecule has 2 heteroatoms. The van der Waals surface area contributed by atoms with Gasteiger partial charge in [0.15, 0.2) is 0 Å². The van der Waals surface area contributed by atoms with Gasteiger partial charge in [0, 0.05) is 11.6 Å². The average Bonchev–Trinajstić information content (AvgIpc) is 2.62. The van der Waals surface area contributed by atoms with Crippen LogP contribution >= 0.6 is 0 Å². The molecule has 0 saturated carbocycles. The summed E-state index contributed by atoms with van der Waals surface area (Å²) in [5.41, 5.74) is 1.95. The summed E-state index contributed by atoms with van der Waals surface area (Å²) in [4.78, 5) is 0. The van der Waals surface area contributed by atoms with Crippen molar-refractivity contribution in [2.45, 2.75) is 13.8 Å². The Morgan fingerprint density at radius 3 is 1.59 bits per heavy atom. The van der Waals surface area contributed by atoms with Gasteiger partial charge in [-0.3, -0.25) is 0 Å². The highest BCUT2D eigenvalue weighted by molar-refractivity contribution is 5.45. The van der Waals surface area contributed by atoms with Crippen molar-refractivity contribution in [3.05, 3.63) is 92.1 Å². The summed E-state index contributed by atoms with van der Waals surface area (Å²) in [6.07, 6.45) is 8.07. The van der Waals surface area contributed by atoms with E-state index in [1.165, 1.54) is 11.6 Å². The van der Waals surface area contributed by atoms with Gasteiger partial charge >= 0.3 is 0 Å². The third-order valence-electron chi connectivity index (χ3n) is 1.90. The van der Waals surface area contributed by atoms with Crippen LogP contribution in [0, 0.1) is 22.7 Å². The first-order valence-corrected chi connectivity index (χ1v) is 6.52. The Morgan fingerprint density at radius 1 is 1.00 bits per heavy atom. The summed E-state index contributed by atoms with van der Waals surface area (Å²) in [6.45, 7) is 17.1. The van der Waals surface area contributed by atoms with Gasteiger partial charge in [-0.2, -0.15) is 10.5 Å². The van der Waals surface area contributed by atoms with Crippen molar-refractivity contribution >= 4 is 6.08 Å². The third kappa shape index (κ3) is 25.7. The van der Waals surface area contributed by atoms with E-state index < -0.39 is 0 Å². The molecule has 22 heavy (non-hydrogen) atoms. The topological polar surface area (TPSA) is 47.6 Å². The van der Waals surface area contributed by atoms with Crippen molar-refractivity contribution < 1.29 is 0 Å². The fourth-order valence-corrected chi connectivity index (χ4v) is 0.654. The van der Waals surface area contributed by atoms with Crippen LogP contribution in [-0.4, -0.2) is 0 Å². The Kier molecular flexibility index (Phi) is 25.1. The molecule has 1 rings (SSSR count). The lowest BCUT2D eigenvalue weighted by atomic mass is 10.2. The summed E-state index contributed by atoms with van der Waals surface area (Å²) >= 11 is 0. The molecular formula is C20H24N2. The SMILES string of the molecule is C=CC#N.C=CC=C.C=Cc1ccccc1.CC=C(C)C#N. The van der Waals surface area contributed by atoms with Gasteiger partial charge in [0.2, 0.25) is 0 Å². The van der Waals surface area contributed by atoms with Crippen LogP contribution in [0.3, 0.4) is 0 Å². The molecule has 0 amide bonds. The second-order valence-corrected chi connectivity index (χ2v) is 3.50. The van der Waals surface area contributed by atoms with E-state index in [1.807, 2.05) is 49.4 Å². The molecule has 0 unspecified atom stereocenters. The number of benzene rings is 1. The summed E-state index contributed by atoms with van der Waals surface area (Å²) in [5, 5.41) is 15.5. The minimum atomic E-state index is 0.773. The molecule has 2 nitrogen and oxygen atoms in total. The maximum absolute atomic E-state index is 8.02. The number of rotatable bonds is 2. The summed E-state index contributed by atoms with van der Waals surface area (Å²) in [7, 11) is 0. The predicted molar refractivity (Wildman–Crippen MR) is 97.8 cm³/mol. The van der Waals surface area contributed by atoms with E-state index in [1.54, 1.807) is 31.2 Å². The monoisotopic (exact) mass is 292 g/mol. The van der Waals surface area contributed by atoms with Crippen LogP contribution in [0.1, 0.15) is 19.4 Å². The zero-order valence-corrected chi connectivity index (χ0v) is 13.5. The fourth-order valence-electron chi connectivity index (χ4n) is 0.654. The first kappa shape index (κ1) is 24.0. The maximum Gasteiger partial charge on any atom is 0.0940 e. The predicted octanol–water partition coefficient (Wildman–Crippen LogP) is 5.86. The van der Waals surface area contributed by atoms with Crippen LogP contribution in [0.4, 0.5) is 0 Å². The molecule has 1 aromatic rings. The Balaban J connectivity index is -0.000000231. The summed E-state index contributed by atoms with van der Waals surface area (Å²) in [6, 6.07) is 13.7. The molecule has 0 fully saturated rings. The summed E-state index contributed by atoms with van der Waals surface area (Å²) < 4.78 is 0. The number of nitriles is 2. The Morgan fingerprint density at radius 2 is 1.45 bits per heavy atom. The van der Waals surface area contributed by atoms with E-state index in [0.717, 1.165) is 5.57 Å². The Labute approximate surface area is 135 Å². The molecule has 0 spiro atoms. The molecular weight excluding hydrogens is 268 g/mol. The van der Waals surface area contributed by atoms with Crippen LogP contribution in [0.5, 0.6) is 0 Å². The number of allylic oxidation sites excluding steroid dienone is 5. The van der Waals surface area contributed by atoms with Gasteiger partial charge in [0.1, 0.15) is 0 Å². The molecule has 114 valence electrons. The Hall–Kier alpha value is -3.10. The average molecular weight is 292 g/mol. The van der Waals surface area contributed by atoms with Crippen molar-refractivity contribution in [3.8, 4) is 12.1 Å². The molecule has 0 aliphatic heterocycles. The van der Waals surface area contributed by atoms with Crippen LogP contribution in [-0.2, 0) is 0 Å². The molecule has 0 aliphatic rings. The van der Waals surface area contributed by atoms with Gasteiger partial charge < -0.3 is 0 Å². The first-order chi connectivity index (χ1) is 10.6. The zero-order valence-electron chi connectivity index (χ0n) is 13.5. The van der Waals surface area contributed by atoms with E-state index in [-0.39, 0.29) is 0 Å². The standard InChI is InChI=1S/C8H8.C5H7N.C4H6.C3H3N/c1-2-8-6-4-3-5-7-8;1-3-5(2)4-6;1-3-4-2;1-2-3-4/h2-7H,1H2;3H,1-2H3;3-4H,1-2H2;2H,1H2. The lowest BCUT2D eigenvalue weighted by Gasteiger charge is -1.85. The van der Waals surface area contributed by atoms with Crippen LogP contribution in [0.15, 0.2) is 86.5 Å². The smallest absolute Gasteiger partial charge is 0.0940 e. The van der Waals surface area contributed by atoms with Gasteiger partial charge in [-0.05, 0) is 19.4 Å². The lowest BCUT2D eigenvalue weighted by Crippen LogP contribution is -1.63. The van der Waals surface area contributed by atoms with Gasteiger partial charge in [-0.1, -0.05) is 81.0 Å². The molecule has 0 atom stereocenters. The maximum atomic E-state index is 8.02. The lowest BCUT2D eigenvalue weighted by molar-refractivity contribution is 1.42. The molecule has 0 aromatic heterocycles. The molecule has 0 radical (unpaired) electrons. The normalized spacial score (nSPS) is 7.55.